The molecule has 1 aliphatic heterocycles. The van der Waals surface area contributed by atoms with Gasteiger partial charge in [-0.1, -0.05) is 24.3 Å². The average molecular weight is 552 g/mol. The van der Waals surface area contributed by atoms with E-state index in [1.807, 2.05) is 60.7 Å². The van der Waals surface area contributed by atoms with Crippen LogP contribution in [0.3, 0.4) is 0 Å². The van der Waals surface area contributed by atoms with Crippen LogP contribution in [-0.2, 0) is 0 Å². The minimum atomic E-state index is -0.0551. The van der Waals surface area contributed by atoms with Crippen LogP contribution >= 0.6 is 0 Å². The molecule has 0 atom stereocenters. The first-order valence-electron chi connectivity index (χ1n) is 14.4. The number of carbonyl (C=O) groups excluding carboxylic acids is 1. The summed E-state index contributed by atoms with van der Waals surface area (Å²) in [6, 6.07) is 19.7. The second-order valence-electron chi connectivity index (χ2n) is 11.0. The third kappa shape index (κ3) is 6.42. The molecule has 0 aliphatic carbocycles. The largest absolute Gasteiger partial charge is 0.493 e. The number of ether oxygens (including phenoxy) is 1. The van der Waals surface area contributed by atoms with Gasteiger partial charge in [0.05, 0.1) is 28.7 Å². The molecule has 5 aromatic rings. The minimum absolute atomic E-state index is 0.0551. The molecular formula is C32H37N7O2. The van der Waals surface area contributed by atoms with Crippen molar-refractivity contribution in [3.8, 4) is 28.5 Å². The molecule has 41 heavy (non-hydrogen) atoms. The lowest BCUT2D eigenvalue weighted by Crippen LogP contribution is -2.33. The molecule has 0 spiro atoms. The molecule has 0 unspecified atom stereocenters. The van der Waals surface area contributed by atoms with E-state index in [2.05, 4.69) is 39.2 Å². The highest BCUT2D eigenvalue weighted by Gasteiger charge is 2.14. The number of carbonyl (C=O) groups is 1. The molecule has 3 N–H and O–H groups in total. The van der Waals surface area contributed by atoms with Crippen molar-refractivity contribution in [1.82, 2.24) is 35.1 Å². The predicted molar refractivity (Wildman–Crippen MR) is 163 cm³/mol. The second-order valence-corrected chi connectivity index (χ2v) is 11.0. The quantitative estimate of drug-likeness (QED) is 0.201. The van der Waals surface area contributed by atoms with E-state index in [-0.39, 0.29) is 5.91 Å². The first-order chi connectivity index (χ1) is 20.0. The van der Waals surface area contributed by atoms with Gasteiger partial charge < -0.3 is 29.8 Å². The van der Waals surface area contributed by atoms with E-state index in [1.54, 1.807) is 0 Å². The van der Waals surface area contributed by atoms with E-state index in [9.17, 15) is 4.79 Å². The van der Waals surface area contributed by atoms with Crippen molar-refractivity contribution in [2.75, 3.05) is 53.4 Å². The Bertz CT molecular complexity index is 1630. The lowest BCUT2D eigenvalue weighted by molar-refractivity contribution is 0.0950. The Labute approximate surface area is 239 Å². The van der Waals surface area contributed by atoms with Crippen LogP contribution in [0, 0.1) is 0 Å². The van der Waals surface area contributed by atoms with E-state index in [0.29, 0.717) is 18.7 Å². The fraction of sp³-hybridized carbons (Fsp3) is 0.344. The maximum Gasteiger partial charge on any atom is 0.251 e. The summed E-state index contributed by atoms with van der Waals surface area (Å²) in [5.74, 6) is 2.36. The number of aromatic nitrogens is 4. The number of benzene rings is 3. The van der Waals surface area contributed by atoms with Crippen molar-refractivity contribution < 1.29 is 9.53 Å². The summed E-state index contributed by atoms with van der Waals surface area (Å²) in [7, 11) is 4.13. The number of nitrogens with zero attached hydrogens (tertiary/aromatic N) is 4. The number of aromatic amines is 2. The van der Waals surface area contributed by atoms with E-state index < -0.39 is 0 Å². The molecule has 6 rings (SSSR count). The molecule has 9 nitrogen and oxygen atoms in total. The standard InChI is InChI=1S/C32H37N7O2/c1-38(2)15-5-19-41-25-11-13-27-29(21-25)37-31(35-27)23-8-6-22(7-9-23)30-34-26-12-10-24(20-28(26)36-30)32(40)33-14-18-39-16-3-4-17-39/h6-13,20-21H,3-5,14-19H2,1-2H3,(H,33,40)(H,34,36)(H,35,37). The van der Waals surface area contributed by atoms with Gasteiger partial charge in [-0.3, -0.25) is 4.79 Å². The molecule has 0 saturated carbocycles. The molecule has 0 radical (unpaired) electrons. The van der Waals surface area contributed by atoms with E-state index in [1.165, 1.54) is 12.8 Å². The molecule has 1 fully saturated rings. The van der Waals surface area contributed by atoms with Gasteiger partial charge in [-0.05, 0) is 76.8 Å². The fourth-order valence-corrected chi connectivity index (χ4v) is 5.30. The van der Waals surface area contributed by atoms with Gasteiger partial charge in [-0.15, -0.1) is 0 Å². The van der Waals surface area contributed by atoms with Crippen LogP contribution < -0.4 is 10.1 Å². The number of nitrogens with one attached hydrogen (secondary N) is 3. The molecule has 9 heteroatoms. The highest BCUT2D eigenvalue weighted by atomic mass is 16.5. The first-order valence-corrected chi connectivity index (χ1v) is 14.4. The van der Waals surface area contributed by atoms with Crippen LogP contribution in [0.25, 0.3) is 44.8 Å². The first kappa shape index (κ1) is 27.0. The predicted octanol–water partition coefficient (Wildman–Crippen LogP) is 4.93. The zero-order valence-corrected chi connectivity index (χ0v) is 23.7. The van der Waals surface area contributed by atoms with Gasteiger partial charge in [-0.2, -0.15) is 0 Å². The zero-order valence-electron chi connectivity index (χ0n) is 23.7. The smallest absolute Gasteiger partial charge is 0.251 e. The maximum atomic E-state index is 12.7. The molecule has 1 saturated heterocycles. The monoisotopic (exact) mass is 551 g/mol. The van der Waals surface area contributed by atoms with Crippen molar-refractivity contribution in [3.05, 3.63) is 66.2 Å². The number of hydrogen-bond acceptors (Lipinski definition) is 6. The Morgan fingerprint density at radius 1 is 0.902 bits per heavy atom. The Morgan fingerprint density at radius 3 is 2.20 bits per heavy atom. The molecule has 3 aromatic carbocycles. The Hall–Kier alpha value is -4.21. The second kappa shape index (κ2) is 12.1. The van der Waals surface area contributed by atoms with Crippen LogP contribution in [0.4, 0.5) is 0 Å². The van der Waals surface area contributed by atoms with Crippen molar-refractivity contribution in [1.29, 1.82) is 0 Å². The minimum Gasteiger partial charge on any atom is -0.493 e. The Balaban J connectivity index is 1.11. The number of hydrogen-bond donors (Lipinski definition) is 3. The Morgan fingerprint density at radius 2 is 1.54 bits per heavy atom. The molecule has 2 aromatic heterocycles. The number of fused-ring (bicyclic) bond motifs is 2. The zero-order chi connectivity index (χ0) is 28.2. The van der Waals surface area contributed by atoms with Crippen LogP contribution in [-0.4, -0.2) is 89.1 Å². The highest BCUT2D eigenvalue weighted by molar-refractivity contribution is 5.97. The Kier molecular flexibility index (Phi) is 7.98. The van der Waals surface area contributed by atoms with E-state index in [0.717, 1.165) is 83.2 Å². The lowest BCUT2D eigenvalue weighted by atomic mass is 10.1. The molecule has 1 amide bonds. The molecule has 212 valence electrons. The average Bonchev–Trinajstić information content (AvgIpc) is 3.74. The van der Waals surface area contributed by atoms with Crippen molar-refractivity contribution in [3.63, 3.8) is 0 Å². The van der Waals surface area contributed by atoms with Gasteiger partial charge in [0.2, 0.25) is 0 Å². The van der Waals surface area contributed by atoms with Gasteiger partial charge >= 0.3 is 0 Å². The van der Waals surface area contributed by atoms with Crippen molar-refractivity contribution >= 4 is 28.0 Å². The normalized spacial score (nSPS) is 13.9. The summed E-state index contributed by atoms with van der Waals surface area (Å²) in [5.41, 5.74) is 6.10. The number of imidazole rings is 2. The van der Waals surface area contributed by atoms with E-state index >= 15 is 0 Å². The molecule has 1 aliphatic rings. The van der Waals surface area contributed by atoms with Gasteiger partial charge in [0, 0.05) is 42.4 Å². The van der Waals surface area contributed by atoms with Gasteiger partial charge in [0.15, 0.2) is 0 Å². The summed E-state index contributed by atoms with van der Waals surface area (Å²) >= 11 is 0. The molecular weight excluding hydrogens is 514 g/mol. The topological polar surface area (TPSA) is 102 Å². The molecule has 0 bridgehead atoms. The number of H-pyrrole nitrogens is 2. The summed E-state index contributed by atoms with van der Waals surface area (Å²) in [6.45, 7) is 5.50. The summed E-state index contributed by atoms with van der Waals surface area (Å²) in [6.07, 6.45) is 3.49. The van der Waals surface area contributed by atoms with E-state index in [4.69, 9.17) is 14.7 Å². The third-order valence-corrected chi connectivity index (χ3v) is 7.56. The number of likely N-dealkylation sites (tertiary alicyclic amines) is 1. The fourth-order valence-electron chi connectivity index (χ4n) is 5.30. The van der Waals surface area contributed by atoms with Crippen molar-refractivity contribution in [2.45, 2.75) is 19.3 Å². The van der Waals surface area contributed by atoms with Gasteiger partial charge in [-0.25, -0.2) is 9.97 Å². The summed E-state index contributed by atoms with van der Waals surface area (Å²) < 4.78 is 5.92. The summed E-state index contributed by atoms with van der Waals surface area (Å²) in [4.78, 5) is 33.6. The van der Waals surface area contributed by atoms with Crippen LogP contribution in [0.5, 0.6) is 5.75 Å². The maximum absolute atomic E-state index is 12.7. The van der Waals surface area contributed by atoms with Gasteiger partial charge in [0.1, 0.15) is 17.4 Å². The number of rotatable bonds is 11. The SMILES string of the molecule is CN(C)CCCOc1ccc2nc(-c3ccc(-c4nc5ccc(C(=O)NCCN6CCCC6)cc5[nH]4)cc3)[nH]c2c1. The highest BCUT2D eigenvalue weighted by Crippen LogP contribution is 2.27. The molecule has 3 heterocycles. The van der Waals surface area contributed by atoms with Gasteiger partial charge in [0.25, 0.3) is 5.91 Å². The van der Waals surface area contributed by atoms with Crippen LogP contribution in [0.2, 0.25) is 0 Å². The van der Waals surface area contributed by atoms with Crippen molar-refractivity contribution in [2.24, 2.45) is 0 Å². The van der Waals surface area contributed by atoms with Crippen LogP contribution in [0.15, 0.2) is 60.7 Å². The lowest BCUT2D eigenvalue weighted by Gasteiger charge is -2.14. The summed E-state index contributed by atoms with van der Waals surface area (Å²) in [5, 5.41) is 3.05. The van der Waals surface area contributed by atoms with Crippen LogP contribution in [0.1, 0.15) is 29.6 Å². The third-order valence-electron chi connectivity index (χ3n) is 7.56. The number of amides is 1.